The molecule has 2 aliphatic heterocycles. The van der Waals surface area contributed by atoms with Crippen LogP contribution in [-0.2, 0) is 19.3 Å². The molecule has 6 rings (SSSR count). The smallest absolute Gasteiger partial charge is 0.416 e. The highest BCUT2D eigenvalue weighted by atomic mass is 19.4. The minimum absolute atomic E-state index is 0.0812. The molecule has 4 aromatic rings. The van der Waals surface area contributed by atoms with Gasteiger partial charge in [-0.1, -0.05) is 19.9 Å². The molecule has 14 heteroatoms. The van der Waals surface area contributed by atoms with E-state index in [2.05, 4.69) is 37.1 Å². The van der Waals surface area contributed by atoms with Gasteiger partial charge in [0.2, 0.25) is 0 Å². The number of ether oxygens (including phenoxy) is 1. The molecule has 11 nitrogen and oxygen atoms in total. The van der Waals surface area contributed by atoms with Gasteiger partial charge in [0.15, 0.2) is 11.4 Å². The predicted octanol–water partition coefficient (Wildman–Crippen LogP) is 4.75. The number of benzene rings is 1. The molecule has 5 heterocycles. The zero-order valence-corrected chi connectivity index (χ0v) is 24.4. The molecule has 1 aromatic carbocycles. The number of H-pyrrole nitrogens is 2. The van der Waals surface area contributed by atoms with Crippen molar-refractivity contribution in [2.45, 2.75) is 39.0 Å². The number of hydrogen-bond donors (Lipinski definition) is 3. The molecule has 1 unspecified atom stereocenters. The molecule has 0 aliphatic carbocycles. The fourth-order valence-corrected chi connectivity index (χ4v) is 5.85. The topological polar surface area (TPSA) is 122 Å². The summed E-state index contributed by atoms with van der Waals surface area (Å²) in [4.78, 5) is 44.7. The van der Waals surface area contributed by atoms with Crippen LogP contribution in [-0.4, -0.2) is 79.9 Å². The van der Waals surface area contributed by atoms with Gasteiger partial charge >= 0.3 is 17.9 Å². The Bertz CT molecular complexity index is 1730. The third-order valence-corrected chi connectivity index (χ3v) is 8.17. The molecule has 0 spiro atoms. The Morgan fingerprint density at radius 3 is 2.61 bits per heavy atom. The molecule has 2 amide bonds. The monoisotopic (exact) mass is 610 g/mol. The zero-order valence-electron chi connectivity index (χ0n) is 24.4. The molecule has 44 heavy (non-hydrogen) atoms. The number of imidazole rings is 1. The summed E-state index contributed by atoms with van der Waals surface area (Å²) in [6.07, 6.45) is -1.48. The fraction of sp³-hybridized carbons (Fsp3) is 0.400. The van der Waals surface area contributed by atoms with E-state index >= 15 is 0 Å². The number of aromatic nitrogens is 4. The maximum absolute atomic E-state index is 14.1. The number of urea groups is 1. The van der Waals surface area contributed by atoms with Gasteiger partial charge in [-0.2, -0.15) is 13.2 Å². The lowest BCUT2D eigenvalue weighted by Gasteiger charge is -2.34. The maximum atomic E-state index is 14.1. The lowest BCUT2D eigenvalue weighted by Crippen LogP contribution is -2.45. The highest BCUT2D eigenvalue weighted by Crippen LogP contribution is 2.36. The normalized spacial score (nSPS) is 17.9. The fourth-order valence-electron chi connectivity index (χ4n) is 5.85. The molecule has 1 atom stereocenters. The number of carbonyl (C=O) groups excluding carboxylic acids is 1. The van der Waals surface area contributed by atoms with Gasteiger partial charge in [-0.05, 0) is 35.9 Å². The molecule has 3 aromatic heterocycles. The number of piperazine rings is 1. The summed E-state index contributed by atoms with van der Waals surface area (Å²) in [7, 11) is 0. The van der Waals surface area contributed by atoms with E-state index < -0.39 is 23.5 Å². The number of pyridine rings is 2. The van der Waals surface area contributed by atoms with Gasteiger partial charge in [0.1, 0.15) is 11.3 Å². The van der Waals surface area contributed by atoms with Crippen LogP contribution >= 0.6 is 0 Å². The number of likely N-dealkylation sites (N-methyl/N-ethyl adjacent to an activating group) is 1. The number of nitrogens with zero attached hydrogens (tertiary/aromatic N) is 5. The average Bonchev–Trinajstić information content (AvgIpc) is 3.39. The lowest BCUT2D eigenvalue weighted by atomic mass is 9.96. The summed E-state index contributed by atoms with van der Waals surface area (Å²) in [5.74, 6) is 0.656. The molecular weight excluding hydrogens is 577 g/mol. The van der Waals surface area contributed by atoms with Crippen molar-refractivity contribution in [3.63, 3.8) is 0 Å². The highest BCUT2D eigenvalue weighted by Gasteiger charge is 2.35. The van der Waals surface area contributed by atoms with Crippen molar-refractivity contribution in [2.24, 2.45) is 0 Å². The van der Waals surface area contributed by atoms with Crippen molar-refractivity contribution in [1.29, 1.82) is 0 Å². The second kappa shape index (κ2) is 11.9. The van der Waals surface area contributed by atoms with Crippen molar-refractivity contribution in [3.05, 3.63) is 75.6 Å². The van der Waals surface area contributed by atoms with Crippen molar-refractivity contribution in [3.8, 4) is 11.5 Å². The standard InChI is InChI=1S/C30H33F3N8O3/c1-3-39-8-10-40(11-9-39)16-19-4-5-21(13-23(19)30(31,32)33)36-29(43)41-15-18(2)25-20(17-41)12-22(14-35-25)44-24-6-7-34-27-26(24)37-28(42)38-27/h4-7,12-14,18H,3,8-11,15-17H2,1-2H3,(H,36,43)(H2,34,37,38,42). The summed E-state index contributed by atoms with van der Waals surface area (Å²) in [5, 5.41) is 2.67. The first-order valence-electron chi connectivity index (χ1n) is 14.5. The van der Waals surface area contributed by atoms with E-state index in [4.69, 9.17) is 4.74 Å². The third kappa shape index (κ3) is 6.26. The molecule has 1 fully saturated rings. The van der Waals surface area contributed by atoms with Gasteiger partial charge in [0, 0.05) is 69.7 Å². The number of anilines is 1. The number of fused-ring (bicyclic) bond motifs is 2. The molecule has 3 N–H and O–H groups in total. The van der Waals surface area contributed by atoms with Gasteiger partial charge in [0.05, 0.1) is 17.5 Å². The van der Waals surface area contributed by atoms with Gasteiger partial charge in [-0.3, -0.25) is 14.9 Å². The summed E-state index contributed by atoms with van der Waals surface area (Å²) in [5.41, 5.74) is 1.43. The van der Waals surface area contributed by atoms with Crippen LogP contribution in [0.4, 0.5) is 23.7 Å². The van der Waals surface area contributed by atoms with E-state index in [1.165, 1.54) is 18.3 Å². The van der Waals surface area contributed by atoms with Crippen LogP contribution in [0.2, 0.25) is 0 Å². The first-order chi connectivity index (χ1) is 21.1. The lowest BCUT2D eigenvalue weighted by molar-refractivity contribution is -0.138. The Hall–Kier alpha value is -4.43. The minimum Gasteiger partial charge on any atom is -0.453 e. The number of hydrogen-bond acceptors (Lipinski definition) is 7. The molecule has 0 radical (unpaired) electrons. The van der Waals surface area contributed by atoms with Gasteiger partial charge in [-0.25, -0.2) is 14.6 Å². The van der Waals surface area contributed by atoms with E-state index in [1.54, 1.807) is 23.2 Å². The molecule has 0 bridgehead atoms. The largest absolute Gasteiger partial charge is 0.453 e. The highest BCUT2D eigenvalue weighted by molar-refractivity contribution is 5.89. The average molecular weight is 611 g/mol. The molecule has 1 saturated heterocycles. The van der Waals surface area contributed by atoms with Crippen LogP contribution in [0, 0.1) is 0 Å². The van der Waals surface area contributed by atoms with E-state index in [-0.39, 0.29) is 30.3 Å². The first-order valence-corrected chi connectivity index (χ1v) is 14.5. The predicted molar refractivity (Wildman–Crippen MR) is 158 cm³/mol. The SMILES string of the molecule is CCN1CCN(Cc2ccc(NC(=O)N3Cc4cc(Oc5ccnc6[nH]c(=O)[nH]c56)cnc4C(C)C3)cc2C(F)(F)F)CC1. The maximum Gasteiger partial charge on any atom is 0.416 e. The van der Waals surface area contributed by atoms with Crippen molar-refractivity contribution < 1.29 is 22.7 Å². The van der Waals surface area contributed by atoms with E-state index in [9.17, 15) is 22.8 Å². The van der Waals surface area contributed by atoms with Crippen LogP contribution in [0.25, 0.3) is 11.2 Å². The number of alkyl halides is 3. The number of nitrogens with one attached hydrogen (secondary N) is 3. The second-order valence-electron chi connectivity index (χ2n) is 11.2. The Morgan fingerprint density at radius 1 is 1.09 bits per heavy atom. The number of carbonyl (C=O) groups is 1. The van der Waals surface area contributed by atoms with Crippen LogP contribution in [0.15, 0.2) is 47.5 Å². The number of amides is 2. The summed E-state index contributed by atoms with van der Waals surface area (Å²) in [6.45, 7) is 8.73. The first kappa shape index (κ1) is 29.6. The van der Waals surface area contributed by atoms with Crippen molar-refractivity contribution in [2.75, 3.05) is 44.6 Å². The van der Waals surface area contributed by atoms with Gasteiger partial charge in [0.25, 0.3) is 0 Å². The molecule has 232 valence electrons. The Kier molecular flexibility index (Phi) is 8.03. The summed E-state index contributed by atoms with van der Waals surface area (Å²) >= 11 is 0. The number of halogens is 3. The van der Waals surface area contributed by atoms with Gasteiger partial charge < -0.3 is 24.8 Å². The van der Waals surface area contributed by atoms with Crippen molar-refractivity contribution in [1.82, 2.24) is 34.6 Å². The van der Waals surface area contributed by atoms with E-state index in [0.717, 1.165) is 37.0 Å². The Morgan fingerprint density at radius 2 is 1.86 bits per heavy atom. The minimum atomic E-state index is -4.56. The summed E-state index contributed by atoms with van der Waals surface area (Å²) < 4.78 is 48.3. The van der Waals surface area contributed by atoms with Crippen LogP contribution < -0.4 is 15.7 Å². The van der Waals surface area contributed by atoms with Crippen LogP contribution in [0.5, 0.6) is 11.5 Å². The van der Waals surface area contributed by atoms with Crippen LogP contribution in [0.3, 0.4) is 0 Å². The number of rotatable bonds is 6. The van der Waals surface area contributed by atoms with Crippen molar-refractivity contribution >= 4 is 22.9 Å². The molecule has 0 saturated carbocycles. The third-order valence-electron chi connectivity index (χ3n) is 8.17. The second-order valence-corrected chi connectivity index (χ2v) is 11.2. The van der Waals surface area contributed by atoms with E-state index in [1.807, 2.05) is 11.8 Å². The van der Waals surface area contributed by atoms with E-state index in [0.29, 0.717) is 42.3 Å². The zero-order chi connectivity index (χ0) is 31.0. The molecular formula is C30H33F3N8O3. The Labute approximate surface area is 251 Å². The quantitative estimate of drug-likeness (QED) is 0.288. The summed E-state index contributed by atoms with van der Waals surface area (Å²) in [6, 6.07) is 6.88. The molecule has 2 aliphatic rings. The number of aromatic amines is 2. The van der Waals surface area contributed by atoms with Crippen LogP contribution in [0.1, 0.15) is 42.1 Å². The van der Waals surface area contributed by atoms with Gasteiger partial charge in [-0.15, -0.1) is 0 Å². The Balaban J connectivity index is 1.16.